The van der Waals surface area contributed by atoms with Crippen molar-refractivity contribution in [2.24, 2.45) is 0 Å². The highest BCUT2D eigenvalue weighted by atomic mass is 35.5. The number of nitrogens with one attached hydrogen (secondary N) is 1. The van der Waals surface area contributed by atoms with Crippen molar-refractivity contribution in [3.05, 3.63) is 0 Å². The van der Waals surface area contributed by atoms with Gasteiger partial charge in [-0.05, 0) is 13.8 Å². The summed E-state index contributed by atoms with van der Waals surface area (Å²) in [5.74, 6) is -0.307. The summed E-state index contributed by atoms with van der Waals surface area (Å²) in [7, 11) is 0. The van der Waals surface area contributed by atoms with Gasteiger partial charge in [-0.3, -0.25) is 4.79 Å². The van der Waals surface area contributed by atoms with E-state index in [-0.39, 0.29) is 44.4 Å². The third-order valence-corrected chi connectivity index (χ3v) is 2.83. The van der Waals surface area contributed by atoms with Gasteiger partial charge in [0.15, 0.2) is 0 Å². The Morgan fingerprint density at radius 1 is 1.67 bits per heavy atom. The maximum absolute atomic E-state index is 13.1. The van der Waals surface area contributed by atoms with Crippen molar-refractivity contribution in [2.75, 3.05) is 19.7 Å². The SMILES string of the molecule is CC(C)(CO)NCC(=O)N1C[C@@H](F)C[C@H]1C#N.Cl. The number of hydrogen-bond acceptors (Lipinski definition) is 4. The minimum Gasteiger partial charge on any atom is -0.394 e. The molecule has 5 nitrogen and oxygen atoms in total. The fraction of sp³-hybridized carbons (Fsp3) is 0.818. The number of alkyl halides is 1. The summed E-state index contributed by atoms with van der Waals surface area (Å²) in [6, 6.07) is 1.25. The van der Waals surface area contributed by atoms with Crippen LogP contribution in [-0.2, 0) is 4.79 Å². The van der Waals surface area contributed by atoms with E-state index < -0.39 is 17.8 Å². The number of aliphatic hydroxyl groups excluding tert-OH is 1. The lowest BCUT2D eigenvalue weighted by molar-refractivity contribution is -0.130. The zero-order valence-electron chi connectivity index (χ0n) is 10.5. The van der Waals surface area contributed by atoms with E-state index in [1.807, 2.05) is 6.07 Å². The Balaban J connectivity index is 0.00000289. The second kappa shape index (κ2) is 6.88. The number of nitrogens with zero attached hydrogens (tertiary/aromatic N) is 2. The van der Waals surface area contributed by atoms with E-state index in [0.29, 0.717) is 0 Å². The molecular formula is C11H19ClFN3O2. The monoisotopic (exact) mass is 279 g/mol. The Hall–Kier alpha value is -0.900. The molecule has 18 heavy (non-hydrogen) atoms. The number of carbonyl (C=O) groups excluding carboxylic acids is 1. The van der Waals surface area contributed by atoms with Gasteiger partial charge in [-0.2, -0.15) is 5.26 Å². The molecule has 1 aliphatic heterocycles. The number of carbonyl (C=O) groups is 1. The van der Waals surface area contributed by atoms with E-state index in [1.165, 1.54) is 4.90 Å². The average molecular weight is 280 g/mol. The zero-order chi connectivity index (χ0) is 13.1. The average Bonchev–Trinajstić information content (AvgIpc) is 2.67. The van der Waals surface area contributed by atoms with Crippen LogP contribution in [0.25, 0.3) is 0 Å². The molecule has 1 amide bonds. The van der Waals surface area contributed by atoms with Gasteiger partial charge in [0.05, 0.1) is 25.8 Å². The van der Waals surface area contributed by atoms with Crippen LogP contribution < -0.4 is 5.32 Å². The normalized spacial score (nSPS) is 23.4. The van der Waals surface area contributed by atoms with Crippen molar-refractivity contribution in [3.8, 4) is 6.07 Å². The van der Waals surface area contributed by atoms with Crippen LogP contribution in [0.4, 0.5) is 4.39 Å². The Morgan fingerprint density at radius 2 is 2.28 bits per heavy atom. The Kier molecular flexibility index (Phi) is 6.54. The first-order valence-electron chi connectivity index (χ1n) is 5.58. The molecule has 0 saturated carbocycles. The highest BCUT2D eigenvalue weighted by Crippen LogP contribution is 2.19. The van der Waals surface area contributed by atoms with Gasteiger partial charge in [-0.25, -0.2) is 4.39 Å². The van der Waals surface area contributed by atoms with Gasteiger partial charge in [-0.1, -0.05) is 0 Å². The second-order valence-corrected chi connectivity index (χ2v) is 4.92. The molecule has 1 aliphatic rings. The molecule has 1 fully saturated rings. The first-order valence-corrected chi connectivity index (χ1v) is 5.58. The summed E-state index contributed by atoms with van der Waals surface area (Å²) in [6.45, 7) is 3.39. The molecule has 0 aliphatic carbocycles. The lowest BCUT2D eigenvalue weighted by atomic mass is 10.1. The van der Waals surface area contributed by atoms with E-state index in [2.05, 4.69) is 5.32 Å². The fourth-order valence-corrected chi connectivity index (χ4v) is 1.66. The van der Waals surface area contributed by atoms with Crippen molar-refractivity contribution in [1.29, 1.82) is 5.26 Å². The van der Waals surface area contributed by atoms with E-state index in [1.54, 1.807) is 13.8 Å². The van der Waals surface area contributed by atoms with Gasteiger partial charge < -0.3 is 15.3 Å². The van der Waals surface area contributed by atoms with Crippen molar-refractivity contribution in [1.82, 2.24) is 10.2 Å². The standard InChI is InChI=1S/C11H18FN3O2.ClH/c1-11(2,7-16)14-5-10(17)15-6-8(12)3-9(15)4-13;/h8-9,14,16H,3,5-7H2,1-2H3;1H/t8-,9-;/m0./s1. The number of aliphatic hydroxyl groups is 1. The van der Waals surface area contributed by atoms with Crippen molar-refractivity contribution < 1.29 is 14.3 Å². The minimum absolute atomic E-state index is 0. The molecule has 0 aromatic rings. The Labute approximate surface area is 112 Å². The van der Waals surface area contributed by atoms with Crippen LogP contribution >= 0.6 is 12.4 Å². The topological polar surface area (TPSA) is 76.4 Å². The van der Waals surface area contributed by atoms with Crippen molar-refractivity contribution in [2.45, 2.75) is 38.0 Å². The molecule has 0 bridgehead atoms. The molecular weight excluding hydrogens is 261 g/mol. The highest BCUT2D eigenvalue weighted by Gasteiger charge is 2.35. The summed E-state index contributed by atoms with van der Waals surface area (Å²) >= 11 is 0. The summed E-state index contributed by atoms with van der Waals surface area (Å²) in [4.78, 5) is 13.0. The molecule has 0 radical (unpaired) electrons. The van der Waals surface area contributed by atoms with E-state index in [0.717, 1.165) is 0 Å². The number of halogens is 2. The van der Waals surface area contributed by atoms with E-state index >= 15 is 0 Å². The number of nitriles is 1. The molecule has 7 heteroatoms. The number of likely N-dealkylation sites (tertiary alicyclic amines) is 1. The number of rotatable bonds is 4. The van der Waals surface area contributed by atoms with Crippen LogP contribution in [0.15, 0.2) is 0 Å². The number of amides is 1. The zero-order valence-corrected chi connectivity index (χ0v) is 11.3. The molecule has 0 aromatic carbocycles. The molecule has 0 aromatic heterocycles. The van der Waals surface area contributed by atoms with Gasteiger partial charge in [0.2, 0.25) is 5.91 Å². The van der Waals surface area contributed by atoms with Gasteiger partial charge in [0, 0.05) is 12.0 Å². The summed E-state index contributed by atoms with van der Waals surface area (Å²) in [5, 5.41) is 20.7. The van der Waals surface area contributed by atoms with Crippen molar-refractivity contribution in [3.63, 3.8) is 0 Å². The maximum Gasteiger partial charge on any atom is 0.237 e. The maximum atomic E-state index is 13.1. The quantitative estimate of drug-likeness (QED) is 0.772. The lowest BCUT2D eigenvalue weighted by Gasteiger charge is -2.26. The molecule has 1 heterocycles. The molecule has 1 saturated heterocycles. The first-order chi connectivity index (χ1) is 7.89. The predicted octanol–water partition coefficient (Wildman–Crippen LogP) is 0.231. The summed E-state index contributed by atoms with van der Waals surface area (Å²) in [5.41, 5.74) is -0.563. The van der Waals surface area contributed by atoms with Crippen LogP contribution in [0.2, 0.25) is 0 Å². The smallest absolute Gasteiger partial charge is 0.237 e. The first kappa shape index (κ1) is 17.1. The van der Waals surface area contributed by atoms with Gasteiger partial charge >= 0.3 is 0 Å². The van der Waals surface area contributed by atoms with Crippen LogP contribution in [0.5, 0.6) is 0 Å². The largest absolute Gasteiger partial charge is 0.394 e. The second-order valence-electron chi connectivity index (χ2n) is 4.92. The Bertz CT molecular complexity index is 333. The third-order valence-electron chi connectivity index (χ3n) is 2.83. The minimum atomic E-state index is -1.12. The molecule has 104 valence electrons. The highest BCUT2D eigenvalue weighted by molar-refractivity contribution is 5.85. The van der Waals surface area contributed by atoms with Gasteiger partial charge in [-0.15, -0.1) is 12.4 Å². The van der Waals surface area contributed by atoms with E-state index in [4.69, 9.17) is 10.4 Å². The van der Waals surface area contributed by atoms with Crippen LogP contribution in [0, 0.1) is 11.3 Å². The lowest BCUT2D eigenvalue weighted by Crippen LogP contribution is -2.49. The van der Waals surface area contributed by atoms with Crippen LogP contribution in [0.3, 0.4) is 0 Å². The number of hydrogen-bond donors (Lipinski definition) is 2. The van der Waals surface area contributed by atoms with Gasteiger partial charge in [0.25, 0.3) is 0 Å². The fourth-order valence-electron chi connectivity index (χ4n) is 1.66. The van der Waals surface area contributed by atoms with E-state index in [9.17, 15) is 9.18 Å². The molecule has 2 N–H and O–H groups in total. The predicted molar refractivity (Wildman–Crippen MR) is 67.0 cm³/mol. The van der Waals surface area contributed by atoms with Crippen LogP contribution in [0.1, 0.15) is 20.3 Å². The summed E-state index contributed by atoms with van der Waals surface area (Å²) < 4.78 is 13.1. The molecule has 0 spiro atoms. The summed E-state index contributed by atoms with van der Waals surface area (Å²) in [6.07, 6.45) is -1.03. The van der Waals surface area contributed by atoms with Crippen molar-refractivity contribution >= 4 is 18.3 Å². The molecule has 0 unspecified atom stereocenters. The van der Waals surface area contributed by atoms with Gasteiger partial charge in [0.1, 0.15) is 12.2 Å². The third kappa shape index (κ3) is 4.41. The molecule has 1 rings (SSSR count). The Morgan fingerprint density at radius 3 is 2.78 bits per heavy atom. The molecule has 2 atom stereocenters. The van der Waals surface area contributed by atoms with Crippen LogP contribution in [-0.4, -0.2) is 53.4 Å².